The smallest absolute Gasteiger partial charge is 0.807 e. The van der Waals surface area contributed by atoms with Crippen molar-refractivity contribution in [1.29, 1.82) is 0 Å². The van der Waals surface area contributed by atoms with Gasteiger partial charge in [0.2, 0.25) is 0 Å². The summed E-state index contributed by atoms with van der Waals surface area (Å²) in [6, 6.07) is 15.2. The monoisotopic (exact) mass is 310 g/mol. The van der Waals surface area contributed by atoms with Crippen LogP contribution in [0.4, 0.5) is 0 Å². The summed E-state index contributed by atoms with van der Waals surface area (Å²) in [6.45, 7) is 0. The van der Waals surface area contributed by atoms with Gasteiger partial charge < -0.3 is 14.4 Å². The van der Waals surface area contributed by atoms with Crippen LogP contribution in [-0.4, -0.2) is 0 Å². The van der Waals surface area contributed by atoms with E-state index in [4.69, 9.17) is 0 Å². The minimum Gasteiger partial charge on any atom is -0.807 e. The van der Waals surface area contributed by atoms with Gasteiger partial charge in [0.05, 0.1) is 0 Å². The predicted molar refractivity (Wildman–Crippen MR) is 59.1 cm³/mol. The maximum Gasteiger partial charge on any atom is 1.00 e. The third kappa shape index (κ3) is 5.33. The van der Waals surface area contributed by atoms with Crippen LogP contribution < -0.4 is 118 Å². The maximum atomic E-state index is 11.1. The SMILES string of the molecule is O=P([O-])([O-])c1ccccc1-c1ccccc1.[K+].[K+]. The summed E-state index contributed by atoms with van der Waals surface area (Å²) < 4.78 is 11.1. The third-order valence-corrected chi connectivity index (χ3v) is 3.26. The Hall–Kier alpha value is 1.86. The van der Waals surface area contributed by atoms with Crippen molar-refractivity contribution in [2.24, 2.45) is 0 Å². The Morgan fingerprint density at radius 2 is 1.28 bits per heavy atom. The average Bonchev–Trinajstić information content (AvgIpc) is 2.29. The fourth-order valence-corrected chi connectivity index (χ4v) is 2.34. The minimum atomic E-state index is -4.72. The van der Waals surface area contributed by atoms with Gasteiger partial charge in [0, 0.05) is 0 Å². The van der Waals surface area contributed by atoms with E-state index in [9.17, 15) is 14.4 Å². The molecule has 0 aliphatic carbocycles. The molecule has 2 aromatic rings. The zero-order chi connectivity index (χ0) is 11.6. The van der Waals surface area contributed by atoms with Gasteiger partial charge in [-0.15, -0.1) is 0 Å². The summed E-state index contributed by atoms with van der Waals surface area (Å²) in [4.78, 5) is 22.2. The second-order valence-electron chi connectivity index (χ2n) is 3.38. The van der Waals surface area contributed by atoms with Gasteiger partial charge in [0.15, 0.2) is 0 Å². The molecular formula is C12H9K2O3P. The first-order valence-corrected chi connectivity index (χ1v) is 6.30. The van der Waals surface area contributed by atoms with Gasteiger partial charge in [0.1, 0.15) is 0 Å². The topological polar surface area (TPSA) is 63.2 Å². The maximum absolute atomic E-state index is 11.1. The van der Waals surface area contributed by atoms with Crippen LogP contribution >= 0.6 is 7.60 Å². The fourth-order valence-electron chi connectivity index (χ4n) is 1.57. The molecule has 0 amide bonds. The second kappa shape index (κ2) is 9.00. The van der Waals surface area contributed by atoms with Crippen molar-refractivity contribution in [3.8, 4) is 11.1 Å². The van der Waals surface area contributed by atoms with Gasteiger partial charge in [-0.05, 0) is 24.0 Å². The predicted octanol–water partition coefficient (Wildman–Crippen LogP) is -5.10. The van der Waals surface area contributed by atoms with Crippen molar-refractivity contribution in [1.82, 2.24) is 0 Å². The van der Waals surface area contributed by atoms with Crippen LogP contribution in [0.3, 0.4) is 0 Å². The van der Waals surface area contributed by atoms with Gasteiger partial charge in [0.25, 0.3) is 0 Å². The summed E-state index contributed by atoms with van der Waals surface area (Å²) in [5.74, 6) is 0. The van der Waals surface area contributed by atoms with Crippen LogP contribution in [-0.2, 0) is 4.57 Å². The van der Waals surface area contributed by atoms with Crippen molar-refractivity contribution in [2.75, 3.05) is 0 Å². The van der Waals surface area contributed by atoms with E-state index in [1.165, 1.54) is 6.07 Å². The van der Waals surface area contributed by atoms with Crippen LogP contribution in [0, 0.1) is 0 Å². The molecule has 0 atom stereocenters. The van der Waals surface area contributed by atoms with E-state index in [1.807, 2.05) is 6.07 Å². The van der Waals surface area contributed by atoms with Gasteiger partial charge >= 0.3 is 103 Å². The van der Waals surface area contributed by atoms with E-state index >= 15 is 0 Å². The molecule has 82 valence electrons. The zero-order valence-corrected chi connectivity index (χ0v) is 17.5. The van der Waals surface area contributed by atoms with Gasteiger partial charge in [-0.1, -0.05) is 54.6 Å². The number of benzene rings is 2. The molecule has 6 heteroatoms. The quantitative estimate of drug-likeness (QED) is 0.412. The summed E-state index contributed by atoms with van der Waals surface area (Å²) in [5.41, 5.74) is 1.18. The molecule has 2 rings (SSSR count). The molecule has 0 spiro atoms. The molecule has 0 N–H and O–H groups in total. The van der Waals surface area contributed by atoms with Crippen LogP contribution in [0.25, 0.3) is 11.1 Å². The van der Waals surface area contributed by atoms with Crippen LogP contribution in [0.2, 0.25) is 0 Å². The molecule has 0 saturated heterocycles. The fraction of sp³-hybridized carbons (Fsp3) is 0. The van der Waals surface area contributed by atoms with E-state index in [0.717, 1.165) is 5.56 Å². The molecule has 0 unspecified atom stereocenters. The number of rotatable bonds is 2. The minimum absolute atomic E-state index is 0. The van der Waals surface area contributed by atoms with E-state index in [0.29, 0.717) is 5.56 Å². The summed E-state index contributed by atoms with van der Waals surface area (Å²) in [5, 5.41) is -0.152. The van der Waals surface area contributed by atoms with Crippen molar-refractivity contribution in [3.05, 3.63) is 54.6 Å². The Labute approximate surface area is 191 Å². The number of hydrogen-bond donors (Lipinski definition) is 0. The van der Waals surface area contributed by atoms with E-state index < -0.39 is 7.60 Å². The van der Waals surface area contributed by atoms with Crippen LogP contribution in [0.15, 0.2) is 54.6 Å². The third-order valence-electron chi connectivity index (χ3n) is 2.28. The molecule has 18 heavy (non-hydrogen) atoms. The summed E-state index contributed by atoms with van der Waals surface area (Å²) >= 11 is 0. The first-order chi connectivity index (χ1) is 7.59. The Kier molecular flexibility index (Phi) is 9.93. The molecule has 2 aromatic carbocycles. The Morgan fingerprint density at radius 1 is 0.778 bits per heavy atom. The first-order valence-electron chi connectivity index (χ1n) is 4.76. The molecule has 0 aliphatic rings. The largest absolute Gasteiger partial charge is 1.00 e. The second-order valence-corrected chi connectivity index (χ2v) is 4.86. The molecular weight excluding hydrogens is 301 g/mol. The Balaban J connectivity index is 0.00000144. The van der Waals surface area contributed by atoms with E-state index in [-0.39, 0.29) is 108 Å². The molecule has 0 bridgehead atoms. The molecule has 0 heterocycles. The standard InChI is InChI=1S/C12H11O3P.2K/c13-16(14,15)12-9-5-4-8-11(12)10-6-2-1-3-7-10;;/h1-9H,(H2,13,14,15);;/q;2*+1/p-2. The molecule has 0 aromatic heterocycles. The molecule has 0 saturated carbocycles. The van der Waals surface area contributed by atoms with Crippen LogP contribution in [0.1, 0.15) is 0 Å². The van der Waals surface area contributed by atoms with Crippen molar-refractivity contribution in [3.63, 3.8) is 0 Å². The van der Waals surface area contributed by atoms with Gasteiger partial charge in [-0.25, -0.2) is 0 Å². The first kappa shape index (κ1) is 19.9. The zero-order valence-electron chi connectivity index (χ0n) is 10.4. The van der Waals surface area contributed by atoms with Crippen molar-refractivity contribution in [2.45, 2.75) is 0 Å². The molecule has 0 fully saturated rings. The Bertz CT molecular complexity index is 540. The summed E-state index contributed by atoms with van der Waals surface area (Å²) in [7, 11) is -4.72. The van der Waals surface area contributed by atoms with E-state index in [1.54, 1.807) is 42.5 Å². The van der Waals surface area contributed by atoms with E-state index in [2.05, 4.69) is 0 Å². The normalized spacial score (nSPS) is 10.1. The molecule has 0 aliphatic heterocycles. The average molecular weight is 310 g/mol. The van der Waals surface area contributed by atoms with Gasteiger partial charge in [-0.2, -0.15) is 0 Å². The van der Waals surface area contributed by atoms with Crippen molar-refractivity contribution >= 4 is 12.9 Å². The van der Waals surface area contributed by atoms with Crippen LogP contribution in [0.5, 0.6) is 0 Å². The molecule has 0 radical (unpaired) electrons. The molecule has 3 nitrogen and oxygen atoms in total. The van der Waals surface area contributed by atoms with Gasteiger partial charge in [-0.3, -0.25) is 0 Å². The summed E-state index contributed by atoms with van der Waals surface area (Å²) in [6.07, 6.45) is 0. The Morgan fingerprint density at radius 3 is 1.83 bits per heavy atom. The van der Waals surface area contributed by atoms with Crippen molar-refractivity contribution < 1.29 is 117 Å². The number of hydrogen-bond acceptors (Lipinski definition) is 3.